The standard InChI is InChI=1S/C27H30N6O3/c1-28-26(34)24-18-22(9-11-29-24)36-21-7-8-25-23(17-21)31-27(32(25)2)30-20-5-3-19(4-6-20)10-12-33-13-15-35-16-14-33/h3-9,11,17-18H,10,12-16H2,1-2H3,(H,28,34)(H,30,31). The second-order valence-corrected chi connectivity index (χ2v) is 8.73. The normalized spacial score (nSPS) is 14.1. The number of carbonyl (C=O) groups is 1. The number of amides is 1. The van der Waals surface area contributed by atoms with Crippen molar-refractivity contribution in [2.75, 3.05) is 45.2 Å². The van der Waals surface area contributed by atoms with Gasteiger partial charge in [0.2, 0.25) is 5.95 Å². The van der Waals surface area contributed by atoms with Crippen molar-refractivity contribution in [3.05, 3.63) is 72.1 Å². The van der Waals surface area contributed by atoms with E-state index in [1.165, 1.54) is 5.56 Å². The Hall–Kier alpha value is -3.95. The summed E-state index contributed by atoms with van der Waals surface area (Å²) in [6, 6.07) is 17.6. The van der Waals surface area contributed by atoms with Crippen LogP contribution in [-0.4, -0.2) is 65.2 Å². The molecule has 2 aromatic heterocycles. The summed E-state index contributed by atoms with van der Waals surface area (Å²) in [5.74, 6) is 1.65. The topological polar surface area (TPSA) is 93.5 Å². The number of imidazole rings is 1. The van der Waals surface area contributed by atoms with E-state index in [4.69, 9.17) is 14.5 Å². The number of anilines is 2. The van der Waals surface area contributed by atoms with Gasteiger partial charge in [-0.15, -0.1) is 0 Å². The van der Waals surface area contributed by atoms with Crippen LogP contribution < -0.4 is 15.4 Å². The summed E-state index contributed by atoms with van der Waals surface area (Å²) in [6.07, 6.45) is 2.58. The van der Waals surface area contributed by atoms with Crippen LogP contribution >= 0.6 is 0 Å². The third-order valence-electron chi connectivity index (χ3n) is 6.31. The highest BCUT2D eigenvalue weighted by molar-refractivity contribution is 5.92. The molecule has 0 radical (unpaired) electrons. The lowest BCUT2D eigenvalue weighted by atomic mass is 10.1. The first-order valence-electron chi connectivity index (χ1n) is 12.1. The van der Waals surface area contributed by atoms with Crippen molar-refractivity contribution in [2.45, 2.75) is 6.42 Å². The zero-order chi connectivity index (χ0) is 24.9. The molecule has 5 rings (SSSR count). The molecule has 0 bridgehead atoms. The number of carbonyl (C=O) groups excluding carboxylic acids is 1. The molecule has 9 heteroatoms. The highest BCUT2D eigenvalue weighted by Gasteiger charge is 2.12. The Morgan fingerprint density at radius 2 is 1.83 bits per heavy atom. The first-order valence-corrected chi connectivity index (χ1v) is 12.1. The van der Waals surface area contributed by atoms with E-state index in [9.17, 15) is 4.79 Å². The van der Waals surface area contributed by atoms with Gasteiger partial charge >= 0.3 is 0 Å². The van der Waals surface area contributed by atoms with E-state index >= 15 is 0 Å². The van der Waals surface area contributed by atoms with Crippen LogP contribution in [0.25, 0.3) is 11.0 Å². The molecular weight excluding hydrogens is 456 g/mol. The van der Waals surface area contributed by atoms with E-state index in [1.807, 2.05) is 29.8 Å². The minimum absolute atomic E-state index is 0.263. The van der Waals surface area contributed by atoms with Gasteiger partial charge in [-0.25, -0.2) is 4.98 Å². The average Bonchev–Trinajstić information content (AvgIpc) is 3.22. The number of ether oxygens (including phenoxy) is 2. The number of aryl methyl sites for hydroxylation is 1. The van der Waals surface area contributed by atoms with Crippen LogP contribution in [0.15, 0.2) is 60.8 Å². The fraction of sp³-hybridized carbons (Fsp3) is 0.296. The summed E-state index contributed by atoms with van der Waals surface area (Å²) in [7, 11) is 3.55. The number of nitrogens with zero attached hydrogens (tertiary/aromatic N) is 4. The molecule has 1 amide bonds. The Labute approximate surface area is 210 Å². The molecule has 36 heavy (non-hydrogen) atoms. The first-order chi connectivity index (χ1) is 17.6. The van der Waals surface area contributed by atoms with E-state index in [-0.39, 0.29) is 5.91 Å². The summed E-state index contributed by atoms with van der Waals surface area (Å²) < 4.78 is 13.4. The molecule has 3 heterocycles. The van der Waals surface area contributed by atoms with Gasteiger partial charge in [-0.3, -0.25) is 14.7 Å². The van der Waals surface area contributed by atoms with Gasteiger partial charge in [0.05, 0.1) is 24.2 Å². The van der Waals surface area contributed by atoms with Gasteiger partial charge in [0, 0.05) is 57.7 Å². The van der Waals surface area contributed by atoms with E-state index < -0.39 is 0 Å². The summed E-state index contributed by atoms with van der Waals surface area (Å²) in [5, 5.41) is 5.99. The maximum Gasteiger partial charge on any atom is 0.269 e. The lowest BCUT2D eigenvalue weighted by molar-refractivity contribution is 0.0384. The molecule has 186 valence electrons. The summed E-state index contributed by atoms with van der Waals surface area (Å²) in [6.45, 7) is 4.74. The zero-order valence-corrected chi connectivity index (χ0v) is 20.5. The van der Waals surface area contributed by atoms with Crippen LogP contribution in [0.3, 0.4) is 0 Å². The first kappa shape index (κ1) is 23.8. The largest absolute Gasteiger partial charge is 0.457 e. The molecule has 0 unspecified atom stereocenters. The van der Waals surface area contributed by atoms with Gasteiger partial charge in [0.1, 0.15) is 17.2 Å². The molecule has 1 fully saturated rings. The van der Waals surface area contributed by atoms with Gasteiger partial charge in [-0.05, 0) is 42.3 Å². The minimum Gasteiger partial charge on any atom is -0.457 e. The predicted molar refractivity (Wildman–Crippen MR) is 139 cm³/mol. The molecule has 2 N–H and O–H groups in total. The van der Waals surface area contributed by atoms with Crippen molar-refractivity contribution < 1.29 is 14.3 Å². The van der Waals surface area contributed by atoms with E-state index in [0.717, 1.165) is 61.9 Å². The number of hydrogen-bond donors (Lipinski definition) is 2. The Morgan fingerprint density at radius 1 is 1.06 bits per heavy atom. The third-order valence-corrected chi connectivity index (χ3v) is 6.31. The van der Waals surface area contributed by atoms with Crippen LogP contribution in [0.4, 0.5) is 11.6 Å². The number of nitrogens with one attached hydrogen (secondary N) is 2. The van der Waals surface area contributed by atoms with Crippen molar-refractivity contribution in [1.82, 2.24) is 24.8 Å². The monoisotopic (exact) mass is 486 g/mol. The van der Waals surface area contributed by atoms with E-state index in [2.05, 4.69) is 44.8 Å². The van der Waals surface area contributed by atoms with Crippen LogP contribution in [-0.2, 0) is 18.2 Å². The van der Waals surface area contributed by atoms with Gasteiger partial charge in [0.25, 0.3) is 5.91 Å². The number of morpholine rings is 1. The second-order valence-electron chi connectivity index (χ2n) is 8.73. The fourth-order valence-corrected chi connectivity index (χ4v) is 4.21. The Balaban J connectivity index is 1.25. The van der Waals surface area contributed by atoms with Gasteiger partial charge < -0.3 is 24.7 Å². The molecular formula is C27H30N6O3. The van der Waals surface area contributed by atoms with E-state index in [1.54, 1.807) is 25.4 Å². The smallest absolute Gasteiger partial charge is 0.269 e. The molecule has 9 nitrogen and oxygen atoms in total. The molecule has 0 spiro atoms. The van der Waals surface area contributed by atoms with Gasteiger partial charge in [-0.1, -0.05) is 12.1 Å². The van der Waals surface area contributed by atoms with Crippen molar-refractivity contribution in [3.63, 3.8) is 0 Å². The molecule has 1 aliphatic rings. The summed E-state index contributed by atoms with van der Waals surface area (Å²) in [4.78, 5) is 23.1. The molecule has 0 saturated carbocycles. The van der Waals surface area contributed by atoms with Gasteiger partial charge in [-0.2, -0.15) is 0 Å². The van der Waals surface area contributed by atoms with Crippen molar-refractivity contribution >= 4 is 28.6 Å². The average molecular weight is 487 g/mol. The van der Waals surface area contributed by atoms with Crippen LogP contribution in [0.2, 0.25) is 0 Å². The van der Waals surface area contributed by atoms with Crippen molar-refractivity contribution in [2.24, 2.45) is 7.05 Å². The second kappa shape index (κ2) is 10.8. The molecule has 1 aliphatic heterocycles. The SMILES string of the molecule is CNC(=O)c1cc(Oc2ccc3c(c2)nc(Nc2ccc(CCN4CCOCC4)cc2)n3C)ccn1. The van der Waals surface area contributed by atoms with Crippen molar-refractivity contribution in [1.29, 1.82) is 0 Å². The van der Waals surface area contributed by atoms with Crippen LogP contribution in [0.1, 0.15) is 16.1 Å². The quantitative estimate of drug-likeness (QED) is 0.392. The van der Waals surface area contributed by atoms with Gasteiger partial charge in [0.15, 0.2) is 0 Å². The third kappa shape index (κ3) is 5.48. The highest BCUT2D eigenvalue weighted by Crippen LogP contribution is 2.28. The number of pyridine rings is 1. The maximum atomic E-state index is 11.8. The molecule has 2 aromatic carbocycles. The van der Waals surface area contributed by atoms with Crippen LogP contribution in [0.5, 0.6) is 11.5 Å². The zero-order valence-electron chi connectivity index (χ0n) is 20.5. The number of benzene rings is 2. The summed E-state index contributed by atoms with van der Waals surface area (Å²) >= 11 is 0. The maximum absolute atomic E-state index is 11.8. The molecule has 0 atom stereocenters. The lowest BCUT2D eigenvalue weighted by Crippen LogP contribution is -2.37. The number of hydrogen-bond acceptors (Lipinski definition) is 7. The summed E-state index contributed by atoms with van der Waals surface area (Å²) in [5.41, 5.74) is 4.38. The Morgan fingerprint density at radius 3 is 2.61 bits per heavy atom. The lowest BCUT2D eigenvalue weighted by Gasteiger charge is -2.26. The molecule has 0 aliphatic carbocycles. The molecule has 4 aromatic rings. The minimum atomic E-state index is -0.263. The predicted octanol–water partition coefficient (Wildman–Crippen LogP) is 3.74. The highest BCUT2D eigenvalue weighted by atomic mass is 16.5. The number of rotatable bonds is 8. The fourth-order valence-electron chi connectivity index (χ4n) is 4.21. The Kier molecular flexibility index (Phi) is 7.11. The number of fused-ring (bicyclic) bond motifs is 1. The molecule has 1 saturated heterocycles. The number of aromatic nitrogens is 3. The van der Waals surface area contributed by atoms with Crippen molar-refractivity contribution in [3.8, 4) is 11.5 Å². The van der Waals surface area contributed by atoms with E-state index in [0.29, 0.717) is 17.2 Å². The van der Waals surface area contributed by atoms with Crippen LogP contribution in [0, 0.1) is 0 Å². The Bertz CT molecular complexity index is 1350.